The second kappa shape index (κ2) is 6.92. The maximum Gasteiger partial charge on any atom is 0.290 e. The lowest BCUT2D eigenvalue weighted by Gasteiger charge is -2.17. The molecule has 0 saturated carbocycles. The molecule has 0 radical (unpaired) electrons. The summed E-state index contributed by atoms with van der Waals surface area (Å²) in [7, 11) is 0. The van der Waals surface area contributed by atoms with Gasteiger partial charge in [0.2, 0.25) is 5.91 Å². The van der Waals surface area contributed by atoms with Gasteiger partial charge in [-0.15, -0.1) is 0 Å². The summed E-state index contributed by atoms with van der Waals surface area (Å²) in [6.45, 7) is 3.03. The summed E-state index contributed by atoms with van der Waals surface area (Å²) in [6.07, 6.45) is -2.23. The summed E-state index contributed by atoms with van der Waals surface area (Å²) in [5, 5.41) is 32.8. The van der Waals surface area contributed by atoms with Crippen molar-refractivity contribution in [2.45, 2.75) is 32.5 Å². The number of nitrogens with one attached hydrogen (secondary N) is 1. The van der Waals surface area contributed by atoms with Crippen LogP contribution >= 0.6 is 0 Å². The Morgan fingerprint density at radius 3 is 2.65 bits per heavy atom. The van der Waals surface area contributed by atoms with Gasteiger partial charge in [-0.2, -0.15) is 0 Å². The van der Waals surface area contributed by atoms with Crippen LogP contribution in [0.15, 0.2) is 12.1 Å². The smallest absolute Gasteiger partial charge is 0.290 e. The lowest BCUT2D eigenvalue weighted by atomic mass is 10.1. The Bertz CT molecular complexity index is 506. The van der Waals surface area contributed by atoms with Gasteiger partial charge in [0.1, 0.15) is 11.8 Å². The van der Waals surface area contributed by atoms with Crippen LogP contribution in [0.4, 0.5) is 5.69 Å². The van der Waals surface area contributed by atoms with Crippen molar-refractivity contribution in [1.82, 2.24) is 10.3 Å². The molecule has 0 aliphatic heterocycles. The molecule has 1 amide bonds. The molecule has 0 bridgehead atoms. The van der Waals surface area contributed by atoms with Crippen molar-refractivity contribution in [2.24, 2.45) is 0 Å². The zero-order valence-corrected chi connectivity index (χ0v) is 11.2. The van der Waals surface area contributed by atoms with E-state index in [1.807, 2.05) is 0 Å². The van der Waals surface area contributed by atoms with E-state index in [-0.39, 0.29) is 35.9 Å². The first kappa shape index (κ1) is 16.0. The first-order chi connectivity index (χ1) is 9.32. The zero-order valence-electron chi connectivity index (χ0n) is 11.2. The Morgan fingerprint density at radius 2 is 2.15 bits per heavy atom. The summed E-state index contributed by atoms with van der Waals surface area (Å²) >= 11 is 0. The van der Waals surface area contributed by atoms with E-state index in [2.05, 4.69) is 10.3 Å². The molecule has 1 heterocycles. The highest BCUT2D eigenvalue weighted by Gasteiger charge is 2.22. The Kier molecular flexibility index (Phi) is 5.53. The summed E-state index contributed by atoms with van der Waals surface area (Å²) in [4.78, 5) is 24.7. The van der Waals surface area contributed by atoms with Crippen LogP contribution in [0.1, 0.15) is 30.8 Å². The number of amides is 1. The van der Waals surface area contributed by atoms with Gasteiger partial charge in [0.25, 0.3) is 5.69 Å². The van der Waals surface area contributed by atoms with E-state index in [1.165, 1.54) is 26.0 Å². The van der Waals surface area contributed by atoms with E-state index in [4.69, 9.17) is 0 Å². The van der Waals surface area contributed by atoms with Crippen molar-refractivity contribution >= 4 is 11.6 Å². The van der Waals surface area contributed by atoms with Gasteiger partial charge in [-0.1, -0.05) is 0 Å². The normalized spacial score (nSPS) is 13.6. The highest BCUT2D eigenvalue weighted by molar-refractivity contribution is 5.72. The second-order valence-corrected chi connectivity index (χ2v) is 4.38. The van der Waals surface area contributed by atoms with Crippen molar-refractivity contribution in [3.8, 4) is 0 Å². The highest BCUT2D eigenvalue weighted by Crippen LogP contribution is 2.22. The largest absolute Gasteiger partial charge is 0.390 e. The van der Waals surface area contributed by atoms with E-state index >= 15 is 0 Å². The first-order valence-electron chi connectivity index (χ1n) is 6.05. The van der Waals surface area contributed by atoms with Crippen LogP contribution in [-0.2, 0) is 4.79 Å². The maximum absolute atomic E-state index is 10.7. The summed E-state index contributed by atoms with van der Waals surface area (Å²) in [6, 6.07) is 2.54. The van der Waals surface area contributed by atoms with E-state index in [0.29, 0.717) is 0 Å². The lowest BCUT2D eigenvalue weighted by Crippen LogP contribution is -2.28. The Hall–Kier alpha value is -2.06. The number of hydrogen-bond donors (Lipinski definition) is 3. The minimum Gasteiger partial charge on any atom is -0.390 e. The Balaban J connectivity index is 2.71. The molecule has 0 aromatic carbocycles. The number of hydrogen-bond acceptors (Lipinski definition) is 6. The van der Waals surface area contributed by atoms with Crippen LogP contribution in [0.3, 0.4) is 0 Å². The fourth-order valence-electron chi connectivity index (χ4n) is 1.68. The second-order valence-electron chi connectivity index (χ2n) is 4.38. The fourth-order valence-corrected chi connectivity index (χ4v) is 1.68. The number of nitrogens with zero attached hydrogens (tertiary/aromatic N) is 2. The molecule has 0 saturated heterocycles. The molecule has 8 nitrogen and oxygen atoms in total. The number of carbonyl (C=O) groups is 1. The molecular formula is C12H17N3O5. The molecule has 0 aliphatic rings. The quantitative estimate of drug-likeness (QED) is 0.506. The van der Waals surface area contributed by atoms with Crippen LogP contribution in [0.25, 0.3) is 0 Å². The fraction of sp³-hybridized carbons (Fsp3) is 0.500. The van der Waals surface area contributed by atoms with Crippen LogP contribution in [-0.4, -0.2) is 38.7 Å². The van der Waals surface area contributed by atoms with Gasteiger partial charge < -0.3 is 15.5 Å². The van der Waals surface area contributed by atoms with Gasteiger partial charge in [0.05, 0.1) is 16.7 Å². The minimum absolute atomic E-state index is 0.145. The maximum atomic E-state index is 10.7. The number of aromatic nitrogens is 1. The molecule has 1 rings (SSSR count). The Labute approximate surface area is 115 Å². The van der Waals surface area contributed by atoms with Gasteiger partial charge >= 0.3 is 0 Å². The number of carbonyl (C=O) groups excluding carboxylic acids is 1. The van der Waals surface area contributed by atoms with Gasteiger partial charge in [-0.05, 0) is 19.4 Å². The molecule has 8 heteroatoms. The van der Waals surface area contributed by atoms with Crippen molar-refractivity contribution in [3.05, 3.63) is 33.6 Å². The topological polar surface area (TPSA) is 126 Å². The SMILES string of the molecule is CC(=O)NCCC(O)C(O)c1ccc([N+](=O)[O-])c(C)n1. The van der Waals surface area contributed by atoms with Gasteiger partial charge in [0, 0.05) is 19.5 Å². The van der Waals surface area contributed by atoms with Crippen molar-refractivity contribution in [3.63, 3.8) is 0 Å². The predicted octanol–water partition coefficient (Wildman–Crippen LogP) is 0.219. The number of aryl methyl sites for hydroxylation is 1. The standard InChI is InChI=1S/C12H17N3O5/c1-7-10(15(19)20)4-3-9(14-7)12(18)11(17)5-6-13-8(2)16/h3-4,11-12,17-18H,5-6H2,1-2H3,(H,13,16). The monoisotopic (exact) mass is 283 g/mol. The average molecular weight is 283 g/mol. The molecule has 2 unspecified atom stereocenters. The third kappa shape index (κ3) is 4.25. The molecule has 0 aliphatic carbocycles. The summed E-state index contributed by atoms with van der Waals surface area (Å²) in [5.41, 5.74) is 0.178. The third-order valence-corrected chi connectivity index (χ3v) is 2.76. The lowest BCUT2D eigenvalue weighted by molar-refractivity contribution is -0.385. The van der Waals surface area contributed by atoms with Crippen LogP contribution in [0.5, 0.6) is 0 Å². The van der Waals surface area contributed by atoms with Crippen LogP contribution in [0, 0.1) is 17.0 Å². The number of aliphatic hydroxyl groups excluding tert-OH is 2. The predicted molar refractivity (Wildman–Crippen MR) is 69.9 cm³/mol. The van der Waals surface area contributed by atoms with Gasteiger partial charge in [0.15, 0.2) is 0 Å². The number of aliphatic hydroxyl groups is 2. The molecule has 2 atom stereocenters. The van der Waals surface area contributed by atoms with E-state index in [1.54, 1.807) is 0 Å². The van der Waals surface area contributed by atoms with Crippen LogP contribution < -0.4 is 5.32 Å². The summed E-state index contributed by atoms with van der Waals surface area (Å²) in [5.74, 6) is -0.226. The number of pyridine rings is 1. The molecular weight excluding hydrogens is 266 g/mol. The van der Waals surface area contributed by atoms with Crippen LogP contribution in [0.2, 0.25) is 0 Å². The molecule has 1 aromatic heterocycles. The average Bonchev–Trinajstić information content (AvgIpc) is 2.36. The molecule has 0 fully saturated rings. The number of rotatable bonds is 6. The highest BCUT2D eigenvalue weighted by atomic mass is 16.6. The van der Waals surface area contributed by atoms with Crippen molar-refractivity contribution < 1.29 is 19.9 Å². The molecule has 110 valence electrons. The van der Waals surface area contributed by atoms with Gasteiger partial charge in [-0.3, -0.25) is 14.9 Å². The summed E-state index contributed by atoms with van der Waals surface area (Å²) < 4.78 is 0. The van der Waals surface area contributed by atoms with Crippen molar-refractivity contribution in [1.29, 1.82) is 0 Å². The van der Waals surface area contributed by atoms with Gasteiger partial charge in [-0.25, -0.2) is 4.98 Å². The Morgan fingerprint density at radius 1 is 1.50 bits per heavy atom. The van der Waals surface area contributed by atoms with Crippen molar-refractivity contribution in [2.75, 3.05) is 6.54 Å². The number of nitro groups is 1. The van der Waals surface area contributed by atoms with E-state index in [9.17, 15) is 25.1 Å². The first-order valence-corrected chi connectivity index (χ1v) is 6.05. The van der Waals surface area contributed by atoms with E-state index < -0.39 is 17.1 Å². The molecule has 20 heavy (non-hydrogen) atoms. The third-order valence-electron chi connectivity index (χ3n) is 2.76. The zero-order chi connectivity index (χ0) is 15.3. The molecule has 0 spiro atoms. The van der Waals surface area contributed by atoms with E-state index in [0.717, 1.165) is 0 Å². The minimum atomic E-state index is -1.26. The molecule has 1 aromatic rings. The molecule has 3 N–H and O–H groups in total.